The van der Waals surface area contributed by atoms with Crippen molar-refractivity contribution in [2.45, 2.75) is 13.1 Å². The fourth-order valence-electron chi connectivity index (χ4n) is 3.54. The quantitative estimate of drug-likeness (QED) is 0.489. The highest BCUT2D eigenvalue weighted by Gasteiger charge is 2.15. The van der Waals surface area contributed by atoms with Gasteiger partial charge in [0.05, 0.1) is 17.8 Å². The molecule has 166 valence electrons. The van der Waals surface area contributed by atoms with Crippen LogP contribution in [0.2, 0.25) is 0 Å². The zero-order valence-electron chi connectivity index (χ0n) is 18.4. The SMILES string of the molecule is CN(CCN(CC(=O)Nc1ccccc1C(N)=O)Cc1ccccc1)Cc1ccccc1. The minimum absolute atomic E-state index is 0.180. The number of anilines is 1. The molecule has 0 heterocycles. The smallest absolute Gasteiger partial charge is 0.250 e. The minimum atomic E-state index is -0.565. The zero-order chi connectivity index (χ0) is 22.8. The van der Waals surface area contributed by atoms with Crippen molar-refractivity contribution in [3.8, 4) is 0 Å². The molecule has 0 saturated heterocycles. The molecule has 2 amide bonds. The van der Waals surface area contributed by atoms with Crippen LogP contribution in [0.15, 0.2) is 84.9 Å². The highest BCUT2D eigenvalue weighted by Crippen LogP contribution is 2.14. The Labute approximate surface area is 189 Å². The number of carbonyl (C=O) groups excluding carboxylic acids is 2. The van der Waals surface area contributed by atoms with E-state index in [1.54, 1.807) is 24.3 Å². The first-order valence-electron chi connectivity index (χ1n) is 10.7. The van der Waals surface area contributed by atoms with E-state index in [-0.39, 0.29) is 12.5 Å². The molecule has 0 atom stereocenters. The number of rotatable bonds is 11. The third-order valence-corrected chi connectivity index (χ3v) is 5.18. The number of primary amides is 1. The molecule has 3 aromatic rings. The number of para-hydroxylation sites is 1. The summed E-state index contributed by atoms with van der Waals surface area (Å²) < 4.78 is 0. The summed E-state index contributed by atoms with van der Waals surface area (Å²) in [6, 6.07) is 27.2. The van der Waals surface area contributed by atoms with Crippen LogP contribution in [-0.4, -0.2) is 48.3 Å². The Balaban J connectivity index is 1.63. The average Bonchev–Trinajstić information content (AvgIpc) is 2.79. The van der Waals surface area contributed by atoms with E-state index >= 15 is 0 Å². The van der Waals surface area contributed by atoms with Crippen LogP contribution in [0.5, 0.6) is 0 Å². The van der Waals surface area contributed by atoms with Crippen LogP contribution in [0.1, 0.15) is 21.5 Å². The zero-order valence-corrected chi connectivity index (χ0v) is 18.4. The molecule has 6 nitrogen and oxygen atoms in total. The van der Waals surface area contributed by atoms with E-state index in [0.717, 1.165) is 25.2 Å². The number of hydrogen-bond donors (Lipinski definition) is 2. The molecule has 0 aliphatic rings. The van der Waals surface area contributed by atoms with Gasteiger partial charge in [0.2, 0.25) is 5.91 Å². The van der Waals surface area contributed by atoms with Crippen LogP contribution in [0, 0.1) is 0 Å². The van der Waals surface area contributed by atoms with E-state index in [0.29, 0.717) is 17.8 Å². The molecule has 3 N–H and O–H groups in total. The molecule has 6 heteroatoms. The van der Waals surface area contributed by atoms with E-state index in [1.165, 1.54) is 5.56 Å². The summed E-state index contributed by atoms with van der Waals surface area (Å²) >= 11 is 0. The first-order valence-corrected chi connectivity index (χ1v) is 10.7. The van der Waals surface area contributed by atoms with Gasteiger partial charge in [0.1, 0.15) is 0 Å². The molecular formula is C26H30N4O2. The van der Waals surface area contributed by atoms with Gasteiger partial charge in [-0.2, -0.15) is 0 Å². The minimum Gasteiger partial charge on any atom is -0.366 e. The van der Waals surface area contributed by atoms with Gasteiger partial charge >= 0.3 is 0 Å². The van der Waals surface area contributed by atoms with Crippen molar-refractivity contribution < 1.29 is 9.59 Å². The third kappa shape index (κ3) is 7.34. The predicted octanol–water partition coefficient (Wildman–Crippen LogP) is 3.36. The summed E-state index contributed by atoms with van der Waals surface area (Å²) in [6.07, 6.45) is 0. The van der Waals surface area contributed by atoms with Crippen molar-refractivity contribution in [3.63, 3.8) is 0 Å². The van der Waals surface area contributed by atoms with Gasteiger partial charge in [-0.1, -0.05) is 72.8 Å². The molecule has 0 aromatic heterocycles. The number of hydrogen-bond acceptors (Lipinski definition) is 4. The molecule has 0 bridgehead atoms. The first-order chi connectivity index (χ1) is 15.5. The van der Waals surface area contributed by atoms with Crippen LogP contribution < -0.4 is 11.1 Å². The Bertz CT molecular complexity index is 1010. The van der Waals surface area contributed by atoms with Crippen LogP contribution in [-0.2, 0) is 17.9 Å². The lowest BCUT2D eigenvalue weighted by Crippen LogP contribution is -2.38. The van der Waals surface area contributed by atoms with Crippen molar-refractivity contribution in [3.05, 3.63) is 102 Å². The van der Waals surface area contributed by atoms with Crippen LogP contribution in [0.25, 0.3) is 0 Å². The van der Waals surface area contributed by atoms with Gasteiger partial charge in [-0.05, 0) is 30.3 Å². The number of likely N-dealkylation sites (N-methyl/N-ethyl adjacent to an activating group) is 1. The highest BCUT2D eigenvalue weighted by molar-refractivity contribution is 6.03. The van der Waals surface area contributed by atoms with E-state index in [1.807, 2.05) is 36.4 Å². The molecule has 0 unspecified atom stereocenters. The maximum atomic E-state index is 12.8. The summed E-state index contributed by atoms with van der Waals surface area (Å²) in [5.41, 5.74) is 8.57. The lowest BCUT2D eigenvalue weighted by molar-refractivity contribution is -0.117. The monoisotopic (exact) mass is 430 g/mol. The largest absolute Gasteiger partial charge is 0.366 e. The Hall–Kier alpha value is -3.48. The molecular weight excluding hydrogens is 400 g/mol. The van der Waals surface area contributed by atoms with Crippen LogP contribution >= 0.6 is 0 Å². The second-order valence-electron chi connectivity index (χ2n) is 7.88. The van der Waals surface area contributed by atoms with Crippen LogP contribution in [0.3, 0.4) is 0 Å². The second-order valence-corrected chi connectivity index (χ2v) is 7.88. The number of benzene rings is 3. The maximum absolute atomic E-state index is 12.8. The summed E-state index contributed by atoms with van der Waals surface area (Å²) in [6.45, 7) is 3.25. The number of amides is 2. The Kier molecular flexibility index (Phi) is 8.54. The van der Waals surface area contributed by atoms with Crippen molar-refractivity contribution in [2.75, 3.05) is 32.0 Å². The van der Waals surface area contributed by atoms with Gasteiger partial charge in [0.15, 0.2) is 0 Å². The number of nitrogens with zero attached hydrogens (tertiary/aromatic N) is 2. The molecule has 0 aliphatic carbocycles. The standard InChI is InChI=1S/C26H30N4O2/c1-29(18-21-10-4-2-5-11-21)16-17-30(19-22-12-6-3-7-13-22)20-25(31)28-24-15-9-8-14-23(24)26(27)32/h2-15H,16-20H2,1H3,(H2,27,32)(H,28,31). The lowest BCUT2D eigenvalue weighted by atomic mass is 10.1. The molecule has 0 fully saturated rings. The number of nitrogens with two attached hydrogens (primary N) is 1. The molecule has 0 aliphatic heterocycles. The van der Waals surface area contributed by atoms with Crippen LogP contribution in [0.4, 0.5) is 5.69 Å². The molecule has 3 aromatic carbocycles. The fourth-order valence-corrected chi connectivity index (χ4v) is 3.54. The van der Waals surface area contributed by atoms with E-state index in [9.17, 15) is 9.59 Å². The Morgan fingerprint density at radius 2 is 1.34 bits per heavy atom. The lowest BCUT2D eigenvalue weighted by Gasteiger charge is -2.25. The van der Waals surface area contributed by atoms with E-state index < -0.39 is 5.91 Å². The topological polar surface area (TPSA) is 78.7 Å². The Morgan fingerprint density at radius 1 is 0.781 bits per heavy atom. The summed E-state index contributed by atoms with van der Waals surface area (Å²) in [4.78, 5) is 28.8. The van der Waals surface area contributed by atoms with Gasteiger partial charge in [-0.25, -0.2) is 0 Å². The summed E-state index contributed by atoms with van der Waals surface area (Å²) in [5.74, 6) is -0.745. The Morgan fingerprint density at radius 3 is 1.97 bits per heavy atom. The highest BCUT2D eigenvalue weighted by atomic mass is 16.2. The molecule has 32 heavy (non-hydrogen) atoms. The molecule has 3 rings (SSSR count). The average molecular weight is 431 g/mol. The van der Waals surface area contributed by atoms with E-state index in [2.05, 4.69) is 46.4 Å². The first kappa shape index (κ1) is 23.2. The molecule has 0 saturated carbocycles. The van der Waals surface area contributed by atoms with Gasteiger partial charge < -0.3 is 16.0 Å². The van der Waals surface area contributed by atoms with Crippen molar-refractivity contribution >= 4 is 17.5 Å². The van der Waals surface area contributed by atoms with Gasteiger partial charge in [-0.3, -0.25) is 14.5 Å². The van der Waals surface area contributed by atoms with E-state index in [4.69, 9.17) is 5.73 Å². The maximum Gasteiger partial charge on any atom is 0.250 e. The predicted molar refractivity (Wildman–Crippen MR) is 128 cm³/mol. The number of nitrogens with one attached hydrogen (secondary N) is 1. The van der Waals surface area contributed by atoms with Gasteiger partial charge in [-0.15, -0.1) is 0 Å². The molecule has 0 spiro atoms. The van der Waals surface area contributed by atoms with Crippen molar-refractivity contribution in [1.82, 2.24) is 9.80 Å². The summed E-state index contributed by atoms with van der Waals surface area (Å²) in [5, 5.41) is 2.84. The van der Waals surface area contributed by atoms with Gasteiger partial charge in [0, 0.05) is 26.2 Å². The van der Waals surface area contributed by atoms with Gasteiger partial charge in [0.25, 0.3) is 5.91 Å². The van der Waals surface area contributed by atoms with Crippen molar-refractivity contribution in [1.29, 1.82) is 0 Å². The second kappa shape index (κ2) is 11.8. The fraction of sp³-hybridized carbons (Fsp3) is 0.231. The van der Waals surface area contributed by atoms with Crippen molar-refractivity contribution in [2.24, 2.45) is 5.73 Å². The summed E-state index contributed by atoms with van der Waals surface area (Å²) in [7, 11) is 2.08. The number of carbonyl (C=O) groups is 2. The normalized spacial score (nSPS) is 11.0. The molecule has 0 radical (unpaired) electrons. The third-order valence-electron chi connectivity index (χ3n) is 5.18.